The van der Waals surface area contributed by atoms with Crippen LogP contribution in [0.1, 0.15) is 17.0 Å². The van der Waals surface area contributed by atoms with Gasteiger partial charge in [-0.1, -0.05) is 28.1 Å². The van der Waals surface area contributed by atoms with E-state index in [1.165, 1.54) is 0 Å². The normalized spacial score (nSPS) is 11.8. The molecule has 0 fully saturated rings. The maximum atomic E-state index is 12.4. The van der Waals surface area contributed by atoms with Gasteiger partial charge in [-0.15, -0.1) is 0 Å². The van der Waals surface area contributed by atoms with Crippen LogP contribution in [0.4, 0.5) is 0 Å². The number of rotatable bonds is 4. The van der Waals surface area contributed by atoms with E-state index in [2.05, 4.69) is 25.8 Å². The van der Waals surface area contributed by atoms with Gasteiger partial charge in [0.2, 0.25) is 10.0 Å². The van der Waals surface area contributed by atoms with E-state index < -0.39 is 10.0 Å². The fourth-order valence-electron chi connectivity index (χ4n) is 2.04. The zero-order valence-corrected chi connectivity index (χ0v) is 13.9. The van der Waals surface area contributed by atoms with E-state index >= 15 is 0 Å². The zero-order chi connectivity index (χ0) is 14.9. The van der Waals surface area contributed by atoms with Gasteiger partial charge in [-0.2, -0.15) is 5.10 Å². The van der Waals surface area contributed by atoms with Crippen molar-refractivity contribution in [1.29, 1.82) is 0 Å². The maximum absolute atomic E-state index is 12.4. The second kappa shape index (κ2) is 5.67. The predicted molar refractivity (Wildman–Crippen MR) is 80.8 cm³/mol. The van der Waals surface area contributed by atoms with Crippen LogP contribution in [-0.2, 0) is 23.6 Å². The molecule has 0 spiro atoms. The predicted octanol–water partition coefficient (Wildman–Crippen LogP) is 2.28. The number of hydrogen-bond acceptors (Lipinski definition) is 3. The summed E-state index contributed by atoms with van der Waals surface area (Å²) >= 11 is 3.36. The van der Waals surface area contributed by atoms with Crippen LogP contribution in [0.2, 0.25) is 0 Å². The monoisotopic (exact) mass is 357 g/mol. The van der Waals surface area contributed by atoms with Crippen LogP contribution in [0.3, 0.4) is 0 Å². The van der Waals surface area contributed by atoms with Crippen molar-refractivity contribution in [3.05, 3.63) is 45.7 Å². The second-order valence-corrected chi connectivity index (χ2v) is 7.20. The van der Waals surface area contributed by atoms with Gasteiger partial charge in [-0.05, 0) is 31.5 Å². The average Bonchev–Trinajstić information content (AvgIpc) is 2.61. The highest BCUT2D eigenvalue weighted by Crippen LogP contribution is 2.19. The highest BCUT2D eigenvalue weighted by Gasteiger charge is 2.23. The molecule has 0 saturated heterocycles. The minimum Gasteiger partial charge on any atom is -0.271 e. The molecule has 5 nitrogen and oxygen atoms in total. The molecule has 7 heteroatoms. The van der Waals surface area contributed by atoms with Gasteiger partial charge in [0.1, 0.15) is 4.90 Å². The van der Waals surface area contributed by atoms with Crippen molar-refractivity contribution in [3.8, 4) is 0 Å². The Morgan fingerprint density at radius 2 is 2.05 bits per heavy atom. The van der Waals surface area contributed by atoms with Gasteiger partial charge in [0.25, 0.3) is 0 Å². The van der Waals surface area contributed by atoms with Gasteiger partial charge >= 0.3 is 0 Å². The average molecular weight is 358 g/mol. The van der Waals surface area contributed by atoms with E-state index in [-0.39, 0.29) is 11.4 Å². The van der Waals surface area contributed by atoms with E-state index in [0.717, 1.165) is 10.0 Å². The number of sulfonamides is 1. The first-order chi connectivity index (χ1) is 9.31. The van der Waals surface area contributed by atoms with Gasteiger partial charge in [-0.25, -0.2) is 13.1 Å². The smallest absolute Gasteiger partial charge is 0.244 e. The van der Waals surface area contributed by atoms with Crippen molar-refractivity contribution < 1.29 is 8.42 Å². The van der Waals surface area contributed by atoms with E-state index in [4.69, 9.17) is 0 Å². The van der Waals surface area contributed by atoms with Crippen molar-refractivity contribution >= 4 is 26.0 Å². The molecule has 0 saturated carbocycles. The van der Waals surface area contributed by atoms with Gasteiger partial charge in [0.15, 0.2) is 0 Å². The van der Waals surface area contributed by atoms with Crippen molar-refractivity contribution in [2.75, 3.05) is 0 Å². The number of hydrogen-bond donors (Lipinski definition) is 1. The third-order valence-electron chi connectivity index (χ3n) is 3.07. The number of aryl methyl sites for hydroxylation is 2. The van der Waals surface area contributed by atoms with Crippen molar-refractivity contribution in [2.24, 2.45) is 7.05 Å². The Morgan fingerprint density at radius 3 is 2.60 bits per heavy atom. The molecule has 0 aliphatic carbocycles. The highest BCUT2D eigenvalue weighted by atomic mass is 79.9. The lowest BCUT2D eigenvalue weighted by Crippen LogP contribution is -2.24. The van der Waals surface area contributed by atoms with Gasteiger partial charge in [0, 0.05) is 18.1 Å². The summed E-state index contributed by atoms with van der Waals surface area (Å²) in [6.07, 6.45) is 0. The third-order valence-corrected chi connectivity index (χ3v) is 5.21. The quantitative estimate of drug-likeness (QED) is 0.912. The Hall–Kier alpha value is -1.18. The molecule has 0 unspecified atom stereocenters. The highest BCUT2D eigenvalue weighted by molar-refractivity contribution is 9.10. The first kappa shape index (κ1) is 15.2. The van der Waals surface area contributed by atoms with Crippen LogP contribution >= 0.6 is 15.9 Å². The molecule has 0 amide bonds. The fourth-order valence-corrected chi connectivity index (χ4v) is 3.94. The molecule has 1 heterocycles. The number of nitrogens with one attached hydrogen (secondary N) is 1. The van der Waals surface area contributed by atoms with Crippen molar-refractivity contribution in [3.63, 3.8) is 0 Å². The zero-order valence-electron chi connectivity index (χ0n) is 11.5. The summed E-state index contributed by atoms with van der Waals surface area (Å²) in [6, 6.07) is 7.52. The topological polar surface area (TPSA) is 64.0 Å². The van der Waals surface area contributed by atoms with Crippen molar-refractivity contribution in [2.45, 2.75) is 25.3 Å². The van der Waals surface area contributed by atoms with Crippen LogP contribution in [0, 0.1) is 13.8 Å². The van der Waals surface area contributed by atoms with Gasteiger partial charge in [-0.3, -0.25) is 4.68 Å². The Balaban J connectivity index is 2.24. The molecule has 1 aromatic carbocycles. The Labute approximate surface area is 127 Å². The van der Waals surface area contributed by atoms with Crippen LogP contribution in [0.15, 0.2) is 33.6 Å². The number of halogens is 1. The molecule has 0 radical (unpaired) electrons. The summed E-state index contributed by atoms with van der Waals surface area (Å²) in [4.78, 5) is 0.259. The van der Waals surface area contributed by atoms with Crippen molar-refractivity contribution in [1.82, 2.24) is 14.5 Å². The van der Waals surface area contributed by atoms with E-state index in [1.54, 1.807) is 25.6 Å². The summed E-state index contributed by atoms with van der Waals surface area (Å²) in [7, 11) is -1.83. The van der Waals surface area contributed by atoms with E-state index in [9.17, 15) is 8.42 Å². The van der Waals surface area contributed by atoms with E-state index in [0.29, 0.717) is 11.4 Å². The minimum atomic E-state index is -3.56. The number of aromatic nitrogens is 2. The Morgan fingerprint density at radius 1 is 1.35 bits per heavy atom. The summed E-state index contributed by atoms with van der Waals surface area (Å²) in [6.45, 7) is 3.68. The molecule has 1 N–H and O–H groups in total. The van der Waals surface area contributed by atoms with Gasteiger partial charge < -0.3 is 0 Å². The number of benzene rings is 1. The molecule has 20 heavy (non-hydrogen) atoms. The molecule has 0 aliphatic heterocycles. The largest absolute Gasteiger partial charge is 0.271 e. The minimum absolute atomic E-state index is 0.246. The van der Waals surface area contributed by atoms with E-state index in [1.807, 2.05) is 24.3 Å². The molecular weight excluding hydrogens is 342 g/mol. The van der Waals surface area contributed by atoms with Crippen LogP contribution < -0.4 is 4.72 Å². The lowest BCUT2D eigenvalue weighted by molar-refractivity contribution is 0.579. The molecule has 0 bridgehead atoms. The standard InChI is InChI=1S/C13H16BrN3O2S/c1-9-13(10(2)17(3)16-9)20(18,19)15-8-11-5-4-6-12(14)7-11/h4-7,15H,8H2,1-3H3. The second-order valence-electron chi connectivity index (χ2n) is 4.58. The first-order valence-corrected chi connectivity index (χ1v) is 8.33. The Bertz CT molecular complexity index is 738. The molecule has 2 aromatic rings. The molecule has 0 aliphatic rings. The fraction of sp³-hybridized carbons (Fsp3) is 0.308. The summed E-state index contributed by atoms with van der Waals surface area (Å²) < 4.78 is 29.8. The molecule has 2 rings (SSSR count). The molecular formula is C13H16BrN3O2S. The maximum Gasteiger partial charge on any atom is 0.244 e. The summed E-state index contributed by atoms with van der Waals surface area (Å²) in [5.41, 5.74) is 2.03. The molecule has 1 aromatic heterocycles. The first-order valence-electron chi connectivity index (χ1n) is 6.05. The summed E-state index contributed by atoms with van der Waals surface area (Å²) in [5.74, 6) is 0. The SMILES string of the molecule is Cc1nn(C)c(C)c1S(=O)(=O)NCc1cccc(Br)c1. The number of nitrogens with zero attached hydrogens (tertiary/aromatic N) is 2. The Kier molecular flexibility index (Phi) is 4.31. The summed E-state index contributed by atoms with van der Waals surface area (Å²) in [5, 5.41) is 4.14. The molecule has 108 valence electrons. The third kappa shape index (κ3) is 3.11. The molecule has 0 atom stereocenters. The van der Waals surface area contributed by atoms with Crippen LogP contribution in [-0.4, -0.2) is 18.2 Å². The van der Waals surface area contributed by atoms with Crippen LogP contribution in [0.5, 0.6) is 0 Å². The van der Waals surface area contributed by atoms with Gasteiger partial charge in [0.05, 0.1) is 11.4 Å². The lowest BCUT2D eigenvalue weighted by Gasteiger charge is -2.07. The lowest BCUT2D eigenvalue weighted by atomic mass is 10.2. The van der Waals surface area contributed by atoms with Crippen LogP contribution in [0.25, 0.3) is 0 Å².